The second kappa shape index (κ2) is 8.23. The summed E-state index contributed by atoms with van der Waals surface area (Å²) < 4.78 is 11.0. The zero-order valence-corrected chi connectivity index (χ0v) is 16.7. The topological polar surface area (TPSA) is 43.2 Å². The van der Waals surface area contributed by atoms with Gasteiger partial charge in [-0.2, -0.15) is 0 Å². The molecule has 2 atom stereocenters. The number of rotatable bonds is 5. The van der Waals surface area contributed by atoms with Gasteiger partial charge in [0.1, 0.15) is 18.0 Å². The molecule has 1 N–H and O–H groups in total. The van der Waals surface area contributed by atoms with Crippen molar-refractivity contribution < 1.29 is 19.2 Å². The fourth-order valence-corrected chi connectivity index (χ4v) is 4.60. The normalized spacial score (nSPS) is 21.3. The number of nitrogens with zero attached hydrogens (tertiary/aromatic N) is 1. The van der Waals surface area contributed by atoms with Gasteiger partial charge >= 0.3 is 0 Å². The van der Waals surface area contributed by atoms with Crippen molar-refractivity contribution in [2.75, 3.05) is 33.9 Å². The van der Waals surface area contributed by atoms with Crippen molar-refractivity contribution >= 4 is 5.91 Å². The molecule has 2 aliphatic heterocycles. The number of methoxy groups -OCH3 is 2. The van der Waals surface area contributed by atoms with E-state index in [4.69, 9.17) is 9.47 Å². The van der Waals surface area contributed by atoms with Gasteiger partial charge in [-0.3, -0.25) is 4.79 Å². The minimum atomic E-state index is 0.0639. The zero-order chi connectivity index (χ0) is 19.5. The highest BCUT2D eigenvalue weighted by Gasteiger charge is 2.34. The van der Waals surface area contributed by atoms with Crippen molar-refractivity contribution in [3.8, 4) is 11.5 Å². The minimum Gasteiger partial charge on any atom is -0.497 e. The SMILES string of the molecule is COc1ccc(OC)c([C@@H]2CCCN2C(=O)C[NH+]2CCc3ccccc3C2)c1. The number of hydrogen-bond donors (Lipinski definition) is 1. The Bertz CT molecular complexity index is 851. The Kier molecular flexibility index (Phi) is 5.53. The number of likely N-dealkylation sites (tertiary alicyclic amines) is 1. The van der Waals surface area contributed by atoms with E-state index in [-0.39, 0.29) is 11.9 Å². The van der Waals surface area contributed by atoms with Crippen LogP contribution in [-0.2, 0) is 17.8 Å². The Morgan fingerprint density at radius 3 is 2.75 bits per heavy atom. The Labute approximate surface area is 166 Å². The van der Waals surface area contributed by atoms with Gasteiger partial charge in [0.25, 0.3) is 5.91 Å². The first-order valence-electron chi connectivity index (χ1n) is 10.1. The molecule has 0 saturated carbocycles. The Balaban J connectivity index is 1.49. The van der Waals surface area contributed by atoms with Gasteiger partial charge in [0, 0.05) is 24.1 Å². The quantitative estimate of drug-likeness (QED) is 0.862. The first-order chi connectivity index (χ1) is 13.7. The lowest BCUT2D eigenvalue weighted by atomic mass is 10.00. The second-order valence-corrected chi connectivity index (χ2v) is 7.73. The van der Waals surface area contributed by atoms with Crippen molar-refractivity contribution in [3.05, 3.63) is 59.2 Å². The molecule has 0 bridgehead atoms. The van der Waals surface area contributed by atoms with Crippen LogP contribution in [0.15, 0.2) is 42.5 Å². The third-order valence-electron chi connectivity index (χ3n) is 6.08. The molecule has 4 rings (SSSR count). The van der Waals surface area contributed by atoms with Crippen molar-refractivity contribution in [1.82, 2.24) is 4.90 Å². The highest BCUT2D eigenvalue weighted by molar-refractivity contribution is 5.78. The van der Waals surface area contributed by atoms with Crippen LogP contribution >= 0.6 is 0 Å². The summed E-state index contributed by atoms with van der Waals surface area (Å²) in [6.45, 7) is 3.32. The first kappa shape index (κ1) is 18.8. The number of quaternary nitrogens is 1. The molecule has 2 aliphatic rings. The van der Waals surface area contributed by atoms with Crippen molar-refractivity contribution in [2.24, 2.45) is 0 Å². The van der Waals surface area contributed by atoms with Gasteiger partial charge in [0.15, 0.2) is 6.54 Å². The molecule has 2 aromatic carbocycles. The molecule has 0 aliphatic carbocycles. The minimum absolute atomic E-state index is 0.0639. The standard InChI is InChI=1S/C23H28N2O3/c1-27-19-9-10-22(28-2)20(14-19)21-8-5-12-25(21)23(26)16-24-13-11-17-6-3-4-7-18(17)15-24/h3-4,6-7,9-10,14,21H,5,8,11-13,15-16H2,1-2H3/p+1/t21-/m0/s1. The molecule has 1 unspecified atom stereocenters. The average molecular weight is 381 g/mol. The molecule has 2 aromatic rings. The largest absolute Gasteiger partial charge is 0.497 e. The molecule has 148 valence electrons. The lowest BCUT2D eigenvalue weighted by Gasteiger charge is -2.30. The van der Waals surface area contributed by atoms with E-state index in [9.17, 15) is 4.79 Å². The smallest absolute Gasteiger partial charge is 0.278 e. The van der Waals surface area contributed by atoms with Gasteiger partial charge in [0.2, 0.25) is 0 Å². The first-order valence-corrected chi connectivity index (χ1v) is 10.1. The maximum absolute atomic E-state index is 13.2. The maximum atomic E-state index is 13.2. The predicted octanol–water partition coefficient (Wildman–Crippen LogP) is 2.01. The molecule has 1 fully saturated rings. The third-order valence-corrected chi connectivity index (χ3v) is 6.08. The Morgan fingerprint density at radius 1 is 1.14 bits per heavy atom. The fourth-order valence-electron chi connectivity index (χ4n) is 4.60. The number of benzene rings is 2. The molecule has 28 heavy (non-hydrogen) atoms. The highest BCUT2D eigenvalue weighted by Crippen LogP contribution is 2.38. The number of ether oxygens (including phenoxy) is 2. The summed E-state index contributed by atoms with van der Waals surface area (Å²) in [4.78, 5) is 16.6. The molecule has 1 amide bonds. The van der Waals surface area contributed by atoms with Crippen molar-refractivity contribution in [1.29, 1.82) is 0 Å². The lowest BCUT2D eigenvalue weighted by molar-refractivity contribution is -0.908. The van der Waals surface area contributed by atoms with Crippen LogP contribution < -0.4 is 14.4 Å². The zero-order valence-electron chi connectivity index (χ0n) is 16.7. The molecule has 0 radical (unpaired) electrons. The van der Waals surface area contributed by atoms with Crippen LogP contribution in [0.5, 0.6) is 11.5 Å². The lowest BCUT2D eigenvalue weighted by Crippen LogP contribution is -3.12. The molecular formula is C23H29N2O3+. The van der Waals surface area contributed by atoms with Gasteiger partial charge in [-0.15, -0.1) is 0 Å². The summed E-state index contributed by atoms with van der Waals surface area (Å²) in [5.74, 6) is 1.86. The van der Waals surface area contributed by atoms with Gasteiger partial charge in [0.05, 0.1) is 26.8 Å². The Morgan fingerprint density at radius 2 is 1.96 bits per heavy atom. The van der Waals surface area contributed by atoms with E-state index in [1.807, 2.05) is 23.1 Å². The van der Waals surface area contributed by atoms with Gasteiger partial charge in [-0.1, -0.05) is 24.3 Å². The molecule has 1 saturated heterocycles. The molecular weight excluding hydrogens is 352 g/mol. The fraction of sp³-hybridized carbons (Fsp3) is 0.435. The van der Waals surface area contributed by atoms with Crippen LogP contribution in [0.3, 0.4) is 0 Å². The van der Waals surface area contributed by atoms with Crippen LogP contribution in [0.25, 0.3) is 0 Å². The van der Waals surface area contributed by atoms with E-state index >= 15 is 0 Å². The summed E-state index contributed by atoms with van der Waals surface area (Å²) in [6.07, 6.45) is 3.04. The number of carbonyl (C=O) groups is 1. The average Bonchev–Trinajstić information content (AvgIpc) is 3.23. The van der Waals surface area contributed by atoms with E-state index in [0.717, 1.165) is 56.0 Å². The third kappa shape index (κ3) is 3.72. The number of carbonyl (C=O) groups excluding carboxylic acids is 1. The summed E-state index contributed by atoms with van der Waals surface area (Å²) >= 11 is 0. The van der Waals surface area contributed by atoms with E-state index in [0.29, 0.717) is 6.54 Å². The number of amides is 1. The van der Waals surface area contributed by atoms with Crippen LogP contribution in [0, 0.1) is 0 Å². The predicted molar refractivity (Wildman–Crippen MR) is 108 cm³/mol. The second-order valence-electron chi connectivity index (χ2n) is 7.73. The van der Waals surface area contributed by atoms with Crippen LogP contribution in [0.4, 0.5) is 0 Å². The van der Waals surface area contributed by atoms with E-state index in [2.05, 4.69) is 24.3 Å². The van der Waals surface area contributed by atoms with Gasteiger partial charge < -0.3 is 19.3 Å². The molecule has 2 heterocycles. The Hall–Kier alpha value is -2.53. The van der Waals surface area contributed by atoms with Gasteiger partial charge in [-0.25, -0.2) is 0 Å². The summed E-state index contributed by atoms with van der Waals surface area (Å²) in [6, 6.07) is 14.5. The summed E-state index contributed by atoms with van der Waals surface area (Å²) in [5, 5.41) is 0. The molecule has 5 nitrogen and oxygen atoms in total. The summed E-state index contributed by atoms with van der Waals surface area (Å²) in [7, 11) is 3.35. The maximum Gasteiger partial charge on any atom is 0.278 e. The number of hydrogen-bond acceptors (Lipinski definition) is 3. The van der Waals surface area contributed by atoms with Crippen LogP contribution in [0.2, 0.25) is 0 Å². The van der Waals surface area contributed by atoms with E-state index in [1.165, 1.54) is 16.0 Å². The van der Waals surface area contributed by atoms with Gasteiger partial charge in [-0.05, 0) is 36.6 Å². The van der Waals surface area contributed by atoms with Crippen LogP contribution in [0.1, 0.15) is 35.6 Å². The van der Waals surface area contributed by atoms with E-state index in [1.54, 1.807) is 14.2 Å². The van der Waals surface area contributed by atoms with Crippen molar-refractivity contribution in [3.63, 3.8) is 0 Å². The van der Waals surface area contributed by atoms with E-state index < -0.39 is 0 Å². The summed E-state index contributed by atoms with van der Waals surface area (Å²) in [5.41, 5.74) is 3.86. The monoisotopic (exact) mass is 381 g/mol. The van der Waals surface area contributed by atoms with Crippen molar-refractivity contribution in [2.45, 2.75) is 31.8 Å². The molecule has 5 heteroatoms. The highest BCUT2D eigenvalue weighted by atomic mass is 16.5. The number of fused-ring (bicyclic) bond motifs is 1. The van der Waals surface area contributed by atoms with Crippen LogP contribution in [-0.4, -0.2) is 44.7 Å². The number of nitrogens with one attached hydrogen (secondary N) is 1. The molecule has 0 aromatic heterocycles. The molecule has 0 spiro atoms.